The van der Waals surface area contributed by atoms with E-state index in [1.807, 2.05) is 6.07 Å². The van der Waals surface area contributed by atoms with E-state index in [1.165, 1.54) is 9.91 Å². The molecule has 2 atom stereocenters. The van der Waals surface area contributed by atoms with Crippen molar-refractivity contribution in [1.29, 1.82) is 0 Å². The molecule has 6 heteroatoms. The van der Waals surface area contributed by atoms with Gasteiger partial charge in [0.25, 0.3) is 0 Å². The zero-order valence-electron chi connectivity index (χ0n) is 11.4. The molecular formula is C15H16F3N3. The lowest BCUT2D eigenvalue weighted by Gasteiger charge is -2.31. The summed E-state index contributed by atoms with van der Waals surface area (Å²) in [6, 6.07) is 8.81. The number of halogens is 3. The van der Waals surface area contributed by atoms with Crippen LogP contribution in [0.5, 0.6) is 0 Å². The molecule has 0 amide bonds. The number of hydrogen-bond acceptors (Lipinski definition) is 3. The molecule has 2 fully saturated rings. The second-order valence-corrected chi connectivity index (χ2v) is 5.91. The van der Waals surface area contributed by atoms with Crippen LogP contribution in [0.1, 0.15) is 19.3 Å². The predicted molar refractivity (Wildman–Crippen MR) is 74.0 cm³/mol. The SMILES string of the molecule is F[C@H]1CCN2N=C(C(F)(F)C3CC3)N(c3ccccc3)C12. The smallest absolute Gasteiger partial charge is 0.298 e. The second-order valence-electron chi connectivity index (χ2n) is 5.91. The Balaban J connectivity index is 1.77. The van der Waals surface area contributed by atoms with E-state index in [0.717, 1.165) is 0 Å². The van der Waals surface area contributed by atoms with Gasteiger partial charge in [0.05, 0.1) is 0 Å². The van der Waals surface area contributed by atoms with Crippen molar-refractivity contribution in [1.82, 2.24) is 5.01 Å². The standard InChI is InChI=1S/C15H16F3N3/c16-12-8-9-20-13(12)21(11-4-2-1-3-5-11)14(19-20)15(17,18)10-6-7-10/h1-5,10,12-13H,6-9H2/t12-,13?/m0/s1. The number of nitrogens with zero attached hydrogens (tertiary/aromatic N) is 3. The van der Waals surface area contributed by atoms with E-state index in [1.54, 1.807) is 24.3 Å². The molecule has 2 heterocycles. The first-order valence-electron chi connectivity index (χ1n) is 7.31. The van der Waals surface area contributed by atoms with Gasteiger partial charge in [0.2, 0.25) is 5.84 Å². The molecule has 1 aromatic rings. The summed E-state index contributed by atoms with van der Waals surface area (Å²) < 4.78 is 43.3. The van der Waals surface area contributed by atoms with E-state index in [-0.39, 0.29) is 5.84 Å². The molecule has 21 heavy (non-hydrogen) atoms. The van der Waals surface area contributed by atoms with Crippen LogP contribution in [0.25, 0.3) is 0 Å². The van der Waals surface area contributed by atoms with E-state index in [2.05, 4.69) is 5.10 Å². The quantitative estimate of drug-likeness (QED) is 0.852. The van der Waals surface area contributed by atoms with Crippen LogP contribution in [0.2, 0.25) is 0 Å². The van der Waals surface area contributed by atoms with Crippen molar-refractivity contribution in [3.05, 3.63) is 30.3 Å². The molecule has 2 aliphatic heterocycles. The number of hydrazone groups is 1. The van der Waals surface area contributed by atoms with E-state index in [9.17, 15) is 13.2 Å². The summed E-state index contributed by atoms with van der Waals surface area (Å²) in [7, 11) is 0. The fourth-order valence-corrected chi connectivity index (χ4v) is 3.14. The molecule has 0 aromatic heterocycles. The summed E-state index contributed by atoms with van der Waals surface area (Å²) in [6.07, 6.45) is -0.537. The minimum Gasteiger partial charge on any atom is -0.298 e. The van der Waals surface area contributed by atoms with E-state index in [0.29, 0.717) is 31.5 Å². The number of rotatable bonds is 3. The third-order valence-corrected chi connectivity index (χ3v) is 4.40. The lowest BCUT2D eigenvalue weighted by Crippen LogP contribution is -2.50. The van der Waals surface area contributed by atoms with Crippen LogP contribution in [0.15, 0.2) is 35.4 Å². The second kappa shape index (κ2) is 4.39. The van der Waals surface area contributed by atoms with Gasteiger partial charge in [0.15, 0.2) is 6.17 Å². The minimum atomic E-state index is -2.99. The highest BCUT2D eigenvalue weighted by molar-refractivity contribution is 6.04. The lowest BCUT2D eigenvalue weighted by molar-refractivity contribution is 0.0512. The maximum absolute atomic E-state index is 14.6. The lowest BCUT2D eigenvalue weighted by atomic mass is 10.1. The van der Waals surface area contributed by atoms with Crippen molar-refractivity contribution in [3.8, 4) is 0 Å². The molecule has 0 N–H and O–H groups in total. The normalized spacial score (nSPS) is 28.8. The van der Waals surface area contributed by atoms with Crippen LogP contribution in [0.3, 0.4) is 0 Å². The molecule has 3 aliphatic rings. The highest BCUT2D eigenvalue weighted by Gasteiger charge is 2.58. The molecule has 0 radical (unpaired) electrons. The number of anilines is 1. The monoisotopic (exact) mass is 295 g/mol. The predicted octanol–water partition coefficient (Wildman–Crippen LogP) is 3.24. The van der Waals surface area contributed by atoms with Gasteiger partial charge >= 0.3 is 5.92 Å². The van der Waals surface area contributed by atoms with Gasteiger partial charge in [-0.05, 0) is 25.0 Å². The Kier molecular flexibility index (Phi) is 2.71. The van der Waals surface area contributed by atoms with Crippen molar-refractivity contribution in [3.63, 3.8) is 0 Å². The Morgan fingerprint density at radius 2 is 1.81 bits per heavy atom. The third kappa shape index (κ3) is 1.92. The van der Waals surface area contributed by atoms with Gasteiger partial charge in [-0.2, -0.15) is 13.9 Å². The largest absolute Gasteiger partial charge is 0.309 e. The summed E-state index contributed by atoms with van der Waals surface area (Å²) in [4.78, 5) is 1.40. The maximum atomic E-state index is 14.6. The summed E-state index contributed by atoms with van der Waals surface area (Å²) >= 11 is 0. The Labute approximate surface area is 121 Å². The summed E-state index contributed by atoms with van der Waals surface area (Å²) in [5.74, 6) is -3.93. The van der Waals surface area contributed by atoms with E-state index >= 15 is 0 Å². The average Bonchev–Trinajstić information content (AvgIpc) is 3.18. The summed E-state index contributed by atoms with van der Waals surface area (Å²) in [5.41, 5.74) is 0.577. The average molecular weight is 295 g/mol. The molecule has 1 unspecified atom stereocenters. The number of amidine groups is 1. The Morgan fingerprint density at radius 3 is 2.48 bits per heavy atom. The van der Waals surface area contributed by atoms with Gasteiger partial charge in [-0.1, -0.05) is 18.2 Å². The fourth-order valence-electron chi connectivity index (χ4n) is 3.14. The Bertz CT molecular complexity index is 571. The Morgan fingerprint density at radius 1 is 1.10 bits per heavy atom. The highest BCUT2D eigenvalue weighted by Crippen LogP contribution is 2.48. The highest BCUT2D eigenvalue weighted by atomic mass is 19.3. The van der Waals surface area contributed by atoms with Gasteiger partial charge in [-0.3, -0.25) is 9.91 Å². The molecule has 4 rings (SSSR count). The zero-order valence-corrected chi connectivity index (χ0v) is 11.4. The van der Waals surface area contributed by atoms with Crippen LogP contribution < -0.4 is 4.90 Å². The first-order valence-corrected chi connectivity index (χ1v) is 7.31. The number of alkyl halides is 3. The molecule has 1 saturated heterocycles. The van der Waals surface area contributed by atoms with E-state index in [4.69, 9.17) is 0 Å². The number of hydrogen-bond donors (Lipinski definition) is 0. The van der Waals surface area contributed by atoms with Crippen molar-refractivity contribution in [2.45, 2.75) is 37.5 Å². The van der Waals surface area contributed by atoms with Crippen molar-refractivity contribution < 1.29 is 13.2 Å². The molecule has 0 bridgehead atoms. The first-order chi connectivity index (χ1) is 10.1. The van der Waals surface area contributed by atoms with Crippen LogP contribution in [-0.2, 0) is 0 Å². The molecular weight excluding hydrogens is 279 g/mol. The van der Waals surface area contributed by atoms with Crippen molar-refractivity contribution in [2.24, 2.45) is 11.0 Å². The number of para-hydroxylation sites is 1. The molecule has 1 aromatic carbocycles. The third-order valence-electron chi connectivity index (χ3n) is 4.40. The number of benzene rings is 1. The molecule has 1 aliphatic carbocycles. The minimum absolute atomic E-state index is 0.288. The molecule has 0 spiro atoms. The number of fused-ring (bicyclic) bond motifs is 1. The van der Waals surface area contributed by atoms with Gasteiger partial charge in [0.1, 0.15) is 6.17 Å². The van der Waals surface area contributed by atoms with E-state index < -0.39 is 24.2 Å². The summed E-state index contributed by atoms with van der Waals surface area (Å²) in [6.45, 7) is 0.388. The van der Waals surface area contributed by atoms with Gasteiger partial charge in [0, 0.05) is 24.6 Å². The molecule has 3 nitrogen and oxygen atoms in total. The van der Waals surface area contributed by atoms with Crippen molar-refractivity contribution >= 4 is 11.5 Å². The maximum Gasteiger partial charge on any atom is 0.309 e. The topological polar surface area (TPSA) is 18.8 Å². The van der Waals surface area contributed by atoms with Gasteiger partial charge in [-0.15, -0.1) is 0 Å². The van der Waals surface area contributed by atoms with Crippen LogP contribution in [-0.4, -0.2) is 35.6 Å². The van der Waals surface area contributed by atoms with Crippen LogP contribution in [0, 0.1) is 5.92 Å². The first kappa shape index (κ1) is 13.0. The fraction of sp³-hybridized carbons (Fsp3) is 0.533. The zero-order chi connectivity index (χ0) is 14.6. The van der Waals surface area contributed by atoms with Crippen LogP contribution >= 0.6 is 0 Å². The van der Waals surface area contributed by atoms with Gasteiger partial charge < -0.3 is 0 Å². The Hall–Kier alpha value is -1.72. The van der Waals surface area contributed by atoms with Crippen LogP contribution in [0.4, 0.5) is 18.9 Å². The summed E-state index contributed by atoms with van der Waals surface area (Å²) in [5, 5.41) is 5.55. The molecule has 112 valence electrons. The molecule has 1 saturated carbocycles. The van der Waals surface area contributed by atoms with Crippen molar-refractivity contribution in [2.75, 3.05) is 11.4 Å². The van der Waals surface area contributed by atoms with Gasteiger partial charge in [-0.25, -0.2) is 4.39 Å².